The average molecular weight is 446 g/mol. The van der Waals surface area contributed by atoms with E-state index in [9.17, 15) is 4.79 Å². The van der Waals surface area contributed by atoms with Crippen LogP contribution in [0.5, 0.6) is 0 Å². The molecule has 4 aromatic rings. The zero-order chi connectivity index (χ0) is 19.1. The van der Waals surface area contributed by atoms with Crippen LogP contribution < -0.4 is 5.32 Å². The Labute approximate surface area is 168 Å². The van der Waals surface area contributed by atoms with E-state index in [1.165, 1.54) is 0 Å². The van der Waals surface area contributed by atoms with E-state index in [0.29, 0.717) is 38.8 Å². The molecule has 0 saturated carbocycles. The van der Waals surface area contributed by atoms with E-state index in [-0.39, 0.29) is 5.91 Å². The van der Waals surface area contributed by atoms with Gasteiger partial charge in [0.05, 0.1) is 33.6 Å². The van der Waals surface area contributed by atoms with Crippen molar-refractivity contribution in [2.24, 2.45) is 7.05 Å². The van der Waals surface area contributed by atoms with Gasteiger partial charge in [-0.3, -0.25) is 9.48 Å². The van der Waals surface area contributed by atoms with Gasteiger partial charge >= 0.3 is 0 Å². The summed E-state index contributed by atoms with van der Waals surface area (Å²) in [6, 6.07) is 10.6. The average Bonchev–Trinajstić information content (AvgIpc) is 3.26. The van der Waals surface area contributed by atoms with Crippen LogP contribution in [0, 0.1) is 6.92 Å². The van der Waals surface area contributed by atoms with E-state index >= 15 is 0 Å². The van der Waals surface area contributed by atoms with Crippen LogP contribution in [0.25, 0.3) is 22.5 Å². The Kier molecular flexibility index (Phi) is 4.49. The lowest BCUT2D eigenvalue weighted by atomic mass is 10.1. The lowest BCUT2D eigenvalue weighted by Gasteiger charge is -2.10. The molecule has 0 bridgehead atoms. The molecule has 136 valence electrons. The number of carbonyl (C=O) groups excluding carboxylic acids is 1. The zero-order valence-electron chi connectivity index (χ0n) is 14.5. The van der Waals surface area contributed by atoms with Crippen molar-refractivity contribution in [2.75, 3.05) is 5.32 Å². The van der Waals surface area contributed by atoms with Crippen molar-refractivity contribution in [3.8, 4) is 11.5 Å². The number of fused-ring (bicyclic) bond motifs is 1. The standard InChI is InChI=1S/C19H14BrClN4O2/c1-10-17-12(19(26)23-14-6-5-11(20)8-13(14)21)9-15(16-4-3-7-27-16)22-18(17)25(2)24-10/h3-9H,1-2H3,(H,23,26). The minimum absolute atomic E-state index is 0.296. The molecule has 4 rings (SSSR count). The van der Waals surface area contributed by atoms with E-state index in [1.54, 1.807) is 48.3 Å². The van der Waals surface area contributed by atoms with Gasteiger partial charge in [0.1, 0.15) is 5.69 Å². The summed E-state index contributed by atoms with van der Waals surface area (Å²) in [5.74, 6) is 0.280. The highest BCUT2D eigenvalue weighted by atomic mass is 79.9. The largest absolute Gasteiger partial charge is 0.463 e. The molecule has 0 unspecified atom stereocenters. The highest BCUT2D eigenvalue weighted by Gasteiger charge is 2.20. The first-order valence-electron chi connectivity index (χ1n) is 8.08. The molecule has 0 atom stereocenters. The van der Waals surface area contributed by atoms with Crippen LogP contribution in [-0.4, -0.2) is 20.7 Å². The molecule has 8 heteroatoms. The first-order valence-corrected chi connectivity index (χ1v) is 9.26. The number of hydrogen-bond acceptors (Lipinski definition) is 4. The van der Waals surface area contributed by atoms with Gasteiger partial charge in [0, 0.05) is 11.5 Å². The number of amides is 1. The van der Waals surface area contributed by atoms with Gasteiger partial charge in [-0.1, -0.05) is 27.5 Å². The first kappa shape index (κ1) is 17.8. The molecule has 3 aromatic heterocycles. The van der Waals surface area contributed by atoms with Gasteiger partial charge in [-0.2, -0.15) is 5.10 Å². The summed E-state index contributed by atoms with van der Waals surface area (Å²) in [5, 5.41) is 8.41. The van der Waals surface area contributed by atoms with Gasteiger partial charge in [0.2, 0.25) is 0 Å². The lowest BCUT2D eigenvalue weighted by Crippen LogP contribution is -2.13. The van der Waals surface area contributed by atoms with Crippen LogP contribution >= 0.6 is 27.5 Å². The predicted octanol–water partition coefficient (Wildman–Crippen LogP) is 5.20. The number of nitrogens with zero attached hydrogens (tertiary/aromatic N) is 3. The summed E-state index contributed by atoms with van der Waals surface area (Å²) >= 11 is 9.60. The molecule has 0 aliphatic rings. The quantitative estimate of drug-likeness (QED) is 0.470. The summed E-state index contributed by atoms with van der Waals surface area (Å²) in [7, 11) is 1.79. The highest BCUT2D eigenvalue weighted by molar-refractivity contribution is 9.10. The van der Waals surface area contributed by atoms with Gasteiger partial charge < -0.3 is 9.73 Å². The normalized spacial score (nSPS) is 11.1. The molecule has 0 spiro atoms. The number of furan rings is 1. The number of carbonyl (C=O) groups is 1. The van der Waals surface area contributed by atoms with Crippen molar-refractivity contribution in [1.29, 1.82) is 0 Å². The van der Waals surface area contributed by atoms with Gasteiger partial charge in [0.25, 0.3) is 5.91 Å². The van der Waals surface area contributed by atoms with Crippen molar-refractivity contribution >= 4 is 50.2 Å². The van der Waals surface area contributed by atoms with Crippen molar-refractivity contribution in [1.82, 2.24) is 14.8 Å². The number of hydrogen-bond donors (Lipinski definition) is 1. The molecular weight excluding hydrogens is 432 g/mol. The minimum atomic E-state index is -0.296. The van der Waals surface area contributed by atoms with E-state index < -0.39 is 0 Å². The smallest absolute Gasteiger partial charge is 0.256 e. The number of nitrogens with one attached hydrogen (secondary N) is 1. The number of benzene rings is 1. The molecule has 0 radical (unpaired) electrons. The van der Waals surface area contributed by atoms with Crippen molar-refractivity contribution < 1.29 is 9.21 Å². The topological polar surface area (TPSA) is 73.0 Å². The van der Waals surface area contributed by atoms with Gasteiger partial charge in [-0.15, -0.1) is 0 Å². The van der Waals surface area contributed by atoms with Crippen LogP contribution in [-0.2, 0) is 7.05 Å². The molecule has 0 aliphatic carbocycles. The van der Waals surface area contributed by atoms with Crippen LogP contribution in [0.15, 0.2) is 51.6 Å². The summed E-state index contributed by atoms with van der Waals surface area (Å²) in [5.41, 5.74) is 2.86. The maximum Gasteiger partial charge on any atom is 0.256 e. The fourth-order valence-corrected chi connectivity index (χ4v) is 3.68. The minimum Gasteiger partial charge on any atom is -0.463 e. The lowest BCUT2D eigenvalue weighted by molar-refractivity contribution is 0.102. The predicted molar refractivity (Wildman–Crippen MR) is 108 cm³/mol. The van der Waals surface area contributed by atoms with E-state index in [2.05, 4.69) is 31.3 Å². The van der Waals surface area contributed by atoms with Gasteiger partial charge in [-0.25, -0.2) is 4.98 Å². The Hall–Kier alpha value is -2.64. The second kappa shape index (κ2) is 6.83. The third-order valence-corrected chi connectivity index (χ3v) is 4.97. The van der Waals surface area contributed by atoms with E-state index in [0.717, 1.165) is 10.2 Å². The van der Waals surface area contributed by atoms with Gasteiger partial charge in [0.15, 0.2) is 11.4 Å². The summed E-state index contributed by atoms with van der Waals surface area (Å²) in [6.07, 6.45) is 1.57. The number of aromatic nitrogens is 3. The van der Waals surface area contributed by atoms with Crippen LogP contribution in [0.1, 0.15) is 16.1 Å². The molecule has 1 N–H and O–H groups in total. The van der Waals surface area contributed by atoms with Crippen molar-refractivity contribution in [2.45, 2.75) is 6.92 Å². The Morgan fingerprint density at radius 1 is 1.30 bits per heavy atom. The summed E-state index contributed by atoms with van der Waals surface area (Å²) in [6.45, 7) is 1.85. The number of rotatable bonds is 3. The molecule has 1 amide bonds. The molecule has 1 aromatic carbocycles. The monoisotopic (exact) mass is 444 g/mol. The van der Waals surface area contributed by atoms with Crippen LogP contribution in [0.3, 0.4) is 0 Å². The molecule has 27 heavy (non-hydrogen) atoms. The van der Waals surface area contributed by atoms with Crippen LogP contribution in [0.4, 0.5) is 5.69 Å². The third kappa shape index (κ3) is 3.24. The number of anilines is 1. The molecule has 0 saturated heterocycles. The first-order chi connectivity index (χ1) is 12.9. The number of pyridine rings is 1. The molecular formula is C19H14BrClN4O2. The summed E-state index contributed by atoms with van der Waals surface area (Å²) in [4.78, 5) is 17.7. The van der Waals surface area contributed by atoms with E-state index in [4.69, 9.17) is 16.0 Å². The molecule has 6 nitrogen and oxygen atoms in total. The maximum absolute atomic E-state index is 13.1. The Morgan fingerprint density at radius 2 is 2.11 bits per heavy atom. The summed E-state index contributed by atoms with van der Waals surface area (Å²) < 4.78 is 7.94. The second-order valence-electron chi connectivity index (χ2n) is 6.02. The molecule has 3 heterocycles. The van der Waals surface area contributed by atoms with Crippen LogP contribution in [0.2, 0.25) is 5.02 Å². The molecule has 0 aliphatic heterocycles. The fraction of sp³-hybridized carbons (Fsp3) is 0.105. The van der Waals surface area contributed by atoms with Crippen molar-refractivity contribution in [3.63, 3.8) is 0 Å². The maximum atomic E-state index is 13.1. The Morgan fingerprint density at radius 3 is 2.81 bits per heavy atom. The number of aryl methyl sites for hydroxylation is 2. The van der Waals surface area contributed by atoms with Gasteiger partial charge in [-0.05, 0) is 43.3 Å². The molecule has 0 fully saturated rings. The second-order valence-corrected chi connectivity index (χ2v) is 7.34. The van der Waals surface area contributed by atoms with Crippen molar-refractivity contribution in [3.05, 3.63) is 63.4 Å². The SMILES string of the molecule is Cc1nn(C)c2nc(-c3ccco3)cc(C(=O)Nc3ccc(Br)cc3Cl)c12. The Bertz CT molecular complexity index is 1170. The number of halogens is 2. The Balaban J connectivity index is 1.85. The highest BCUT2D eigenvalue weighted by Crippen LogP contribution is 2.30. The third-order valence-electron chi connectivity index (χ3n) is 4.17. The fourth-order valence-electron chi connectivity index (χ4n) is 2.95. The zero-order valence-corrected chi connectivity index (χ0v) is 16.8. The van der Waals surface area contributed by atoms with E-state index in [1.807, 2.05) is 13.0 Å².